The van der Waals surface area contributed by atoms with Crippen LogP contribution in [0.4, 0.5) is 0 Å². The van der Waals surface area contributed by atoms with Crippen molar-refractivity contribution in [3.05, 3.63) is 28.7 Å². The molecule has 0 spiro atoms. The zero-order valence-electron chi connectivity index (χ0n) is 10.9. The Morgan fingerprint density at radius 1 is 0.889 bits per heavy atom. The number of benzene rings is 1. The Kier molecular flexibility index (Phi) is 9.49. The molecule has 0 saturated carbocycles. The van der Waals surface area contributed by atoms with Crippen LogP contribution < -0.4 is 4.74 Å². The van der Waals surface area contributed by atoms with E-state index in [1.165, 1.54) is 38.5 Å². The Morgan fingerprint density at radius 2 is 1.50 bits per heavy atom. The smallest absolute Gasteiger partial charge is 0.133 e. The molecule has 1 rings (SSSR count). The molecule has 0 amide bonds. The highest BCUT2D eigenvalue weighted by atomic mass is 79.9. The highest BCUT2D eigenvalue weighted by molar-refractivity contribution is 9.10. The van der Waals surface area contributed by atoms with Crippen LogP contribution in [0.5, 0.6) is 5.75 Å². The predicted octanol–water partition coefficient (Wildman–Crippen LogP) is 5.49. The van der Waals surface area contributed by atoms with Crippen LogP contribution in [-0.4, -0.2) is 12.4 Å². The summed E-state index contributed by atoms with van der Waals surface area (Å²) in [5.41, 5.74) is 0. The predicted molar refractivity (Wildman–Crippen MR) is 85.8 cm³/mol. The van der Waals surface area contributed by atoms with Gasteiger partial charge < -0.3 is 4.74 Å². The molecule has 0 saturated heterocycles. The molecule has 0 aliphatic heterocycles. The second kappa shape index (κ2) is 10.7. The van der Waals surface area contributed by atoms with Gasteiger partial charge in [-0.2, -0.15) is 12.6 Å². The summed E-state index contributed by atoms with van der Waals surface area (Å²) in [7, 11) is 0. The van der Waals surface area contributed by atoms with Crippen LogP contribution in [0.3, 0.4) is 0 Å². The number of hydrogen-bond acceptors (Lipinski definition) is 2. The van der Waals surface area contributed by atoms with E-state index in [4.69, 9.17) is 4.74 Å². The average Bonchev–Trinajstić information content (AvgIpc) is 2.39. The highest BCUT2D eigenvalue weighted by Gasteiger charge is 1.98. The Morgan fingerprint density at radius 3 is 2.17 bits per heavy atom. The molecule has 0 aliphatic carbocycles. The molecule has 0 aromatic heterocycles. The Labute approximate surface area is 125 Å². The highest BCUT2D eigenvalue weighted by Crippen LogP contribution is 2.23. The maximum atomic E-state index is 5.72. The summed E-state index contributed by atoms with van der Waals surface area (Å²) in [4.78, 5) is 0. The summed E-state index contributed by atoms with van der Waals surface area (Å²) in [6.07, 6.45) is 9.03. The lowest BCUT2D eigenvalue weighted by Gasteiger charge is -2.07. The van der Waals surface area contributed by atoms with E-state index in [0.717, 1.165) is 29.0 Å². The molecule has 1 nitrogen and oxygen atoms in total. The minimum atomic E-state index is 0.819. The van der Waals surface area contributed by atoms with Crippen LogP contribution in [0, 0.1) is 0 Å². The van der Waals surface area contributed by atoms with Crippen molar-refractivity contribution in [1.29, 1.82) is 0 Å². The van der Waals surface area contributed by atoms with Gasteiger partial charge in [0.05, 0.1) is 11.1 Å². The molecule has 0 fully saturated rings. The first-order chi connectivity index (χ1) is 8.84. The van der Waals surface area contributed by atoms with Crippen molar-refractivity contribution in [2.24, 2.45) is 0 Å². The number of hydrogen-bond donors (Lipinski definition) is 1. The van der Waals surface area contributed by atoms with Crippen LogP contribution in [0.15, 0.2) is 28.7 Å². The van der Waals surface area contributed by atoms with E-state index in [9.17, 15) is 0 Å². The summed E-state index contributed by atoms with van der Waals surface area (Å²) in [5.74, 6) is 1.98. The van der Waals surface area contributed by atoms with Gasteiger partial charge in [0, 0.05) is 0 Å². The summed E-state index contributed by atoms with van der Waals surface area (Å²) in [5, 5.41) is 0. The fraction of sp³-hybridized carbons (Fsp3) is 0.600. The first-order valence-electron chi connectivity index (χ1n) is 6.83. The molecule has 0 radical (unpaired) electrons. The number of halogens is 1. The minimum Gasteiger partial charge on any atom is -0.492 e. The van der Waals surface area contributed by atoms with Crippen LogP contribution in [0.2, 0.25) is 0 Å². The standard InChI is InChI=1S/C15H23BrOS/c16-14-10-6-7-11-15(14)17-12-8-4-2-1-3-5-9-13-18/h6-7,10-11,18H,1-5,8-9,12-13H2. The number of thiol groups is 1. The van der Waals surface area contributed by atoms with Gasteiger partial charge in [-0.3, -0.25) is 0 Å². The van der Waals surface area contributed by atoms with Crippen LogP contribution in [-0.2, 0) is 0 Å². The van der Waals surface area contributed by atoms with Crippen LogP contribution in [0.1, 0.15) is 44.9 Å². The molecule has 0 aliphatic rings. The van der Waals surface area contributed by atoms with Gasteiger partial charge >= 0.3 is 0 Å². The molecular formula is C15H23BrOS. The van der Waals surface area contributed by atoms with Gasteiger partial charge in [0.2, 0.25) is 0 Å². The second-order valence-corrected chi connectivity index (χ2v) is 5.78. The number of rotatable bonds is 10. The Hall–Kier alpha value is -0.150. The van der Waals surface area contributed by atoms with Crippen molar-refractivity contribution in [1.82, 2.24) is 0 Å². The van der Waals surface area contributed by atoms with Crippen molar-refractivity contribution in [3.8, 4) is 5.75 Å². The number of unbranched alkanes of at least 4 members (excludes halogenated alkanes) is 6. The van der Waals surface area contributed by atoms with E-state index < -0.39 is 0 Å². The lowest BCUT2D eigenvalue weighted by molar-refractivity contribution is 0.302. The summed E-state index contributed by atoms with van der Waals surface area (Å²) in [6, 6.07) is 8.02. The molecule has 0 heterocycles. The number of ether oxygens (including phenoxy) is 1. The lowest BCUT2D eigenvalue weighted by Crippen LogP contribution is -1.97. The largest absolute Gasteiger partial charge is 0.492 e. The SMILES string of the molecule is SCCCCCCCCCOc1ccccc1Br. The molecular weight excluding hydrogens is 308 g/mol. The van der Waals surface area contributed by atoms with Crippen molar-refractivity contribution in [3.63, 3.8) is 0 Å². The maximum absolute atomic E-state index is 5.72. The van der Waals surface area contributed by atoms with E-state index in [-0.39, 0.29) is 0 Å². The average molecular weight is 331 g/mol. The third-order valence-electron chi connectivity index (χ3n) is 2.90. The zero-order valence-corrected chi connectivity index (χ0v) is 13.4. The fourth-order valence-electron chi connectivity index (χ4n) is 1.84. The van der Waals surface area contributed by atoms with Gasteiger partial charge in [-0.1, -0.05) is 44.2 Å². The molecule has 0 atom stereocenters. The van der Waals surface area contributed by atoms with Gasteiger partial charge in [0.1, 0.15) is 5.75 Å². The van der Waals surface area contributed by atoms with E-state index in [0.29, 0.717) is 0 Å². The molecule has 0 N–H and O–H groups in total. The van der Waals surface area contributed by atoms with Crippen molar-refractivity contribution in [2.45, 2.75) is 44.9 Å². The molecule has 102 valence electrons. The molecule has 3 heteroatoms. The van der Waals surface area contributed by atoms with Crippen LogP contribution >= 0.6 is 28.6 Å². The first-order valence-corrected chi connectivity index (χ1v) is 8.25. The normalized spacial score (nSPS) is 10.6. The Bertz CT molecular complexity index is 317. The summed E-state index contributed by atoms with van der Waals surface area (Å²) in [6.45, 7) is 0.819. The first kappa shape index (κ1) is 15.9. The van der Waals surface area contributed by atoms with Gasteiger partial charge in [-0.05, 0) is 46.7 Å². The van der Waals surface area contributed by atoms with E-state index in [2.05, 4.69) is 28.6 Å². The summed E-state index contributed by atoms with van der Waals surface area (Å²) >= 11 is 7.70. The quantitative estimate of drug-likeness (QED) is 0.441. The monoisotopic (exact) mass is 330 g/mol. The molecule has 18 heavy (non-hydrogen) atoms. The molecule has 1 aromatic rings. The Balaban J connectivity index is 1.94. The van der Waals surface area contributed by atoms with E-state index >= 15 is 0 Å². The van der Waals surface area contributed by atoms with Gasteiger partial charge in [-0.25, -0.2) is 0 Å². The third kappa shape index (κ3) is 7.32. The van der Waals surface area contributed by atoms with Gasteiger partial charge in [-0.15, -0.1) is 0 Å². The van der Waals surface area contributed by atoms with Gasteiger partial charge in [0.25, 0.3) is 0 Å². The van der Waals surface area contributed by atoms with Crippen LogP contribution in [0.25, 0.3) is 0 Å². The van der Waals surface area contributed by atoms with E-state index in [1.807, 2.05) is 24.3 Å². The summed E-state index contributed by atoms with van der Waals surface area (Å²) < 4.78 is 6.76. The molecule has 1 aromatic carbocycles. The molecule has 0 unspecified atom stereocenters. The minimum absolute atomic E-state index is 0.819. The molecule has 0 bridgehead atoms. The third-order valence-corrected chi connectivity index (χ3v) is 3.87. The van der Waals surface area contributed by atoms with Crippen molar-refractivity contribution >= 4 is 28.6 Å². The lowest BCUT2D eigenvalue weighted by atomic mass is 10.1. The van der Waals surface area contributed by atoms with Crippen molar-refractivity contribution in [2.75, 3.05) is 12.4 Å². The topological polar surface area (TPSA) is 9.23 Å². The van der Waals surface area contributed by atoms with E-state index in [1.54, 1.807) is 0 Å². The number of para-hydroxylation sites is 1. The second-order valence-electron chi connectivity index (χ2n) is 4.48. The van der Waals surface area contributed by atoms with Gasteiger partial charge in [0.15, 0.2) is 0 Å². The zero-order chi connectivity index (χ0) is 13.1. The van der Waals surface area contributed by atoms with Crippen molar-refractivity contribution < 1.29 is 4.74 Å². The fourth-order valence-corrected chi connectivity index (χ4v) is 2.46. The maximum Gasteiger partial charge on any atom is 0.133 e.